The van der Waals surface area contributed by atoms with Crippen molar-refractivity contribution in [3.05, 3.63) is 56.9 Å². The Balaban J connectivity index is 1.44. The number of halogens is 1. The van der Waals surface area contributed by atoms with Crippen LogP contribution in [0.3, 0.4) is 0 Å². The molecule has 0 radical (unpaired) electrons. The standard InChI is InChI=1S/C19H14ClN3O3S3/c1-10-16(29-18(21-10)13-6-7-14(20)28-13)17(25)22-12-4-2-11(3-5-12)8-23-15(24)9-27-19(23)26/h2-7H,8-9H2,1H3,(H,22,25). The minimum absolute atomic E-state index is 0.180. The quantitative estimate of drug-likeness (QED) is 0.556. The number of hydrogen-bond donors (Lipinski definition) is 1. The number of nitrogens with one attached hydrogen (secondary N) is 1. The van der Waals surface area contributed by atoms with Crippen LogP contribution in [0.15, 0.2) is 36.4 Å². The number of rotatable bonds is 5. The summed E-state index contributed by atoms with van der Waals surface area (Å²) in [6.45, 7) is 2.04. The zero-order valence-corrected chi connectivity index (χ0v) is 18.3. The van der Waals surface area contributed by atoms with Crippen molar-refractivity contribution in [3.8, 4) is 9.88 Å². The molecule has 3 amide bonds. The first-order valence-corrected chi connectivity index (χ1v) is 11.5. The van der Waals surface area contributed by atoms with Gasteiger partial charge in [0.1, 0.15) is 9.88 Å². The minimum atomic E-state index is -0.233. The van der Waals surface area contributed by atoms with Crippen LogP contribution in [-0.2, 0) is 11.3 Å². The van der Waals surface area contributed by atoms with Crippen molar-refractivity contribution in [1.82, 2.24) is 9.88 Å². The molecule has 0 saturated carbocycles. The SMILES string of the molecule is Cc1nc(-c2ccc(Cl)s2)sc1C(=O)Nc1ccc(CN2C(=O)CSC2=O)cc1. The van der Waals surface area contributed by atoms with E-state index >= 15 is 0 Å². The van der Waals surface area contributed by atoms with Crippen molar-refractivity contribution in [2.45, 2.75) is 13.5 Å². The molecule has 1 fully saturated rings. The number of imide groups is 1. The third-order valence-electron chi connectivity index (χ3n) is 4.18. The summed E-state index contributed by atoms with van der Waals surface area (Å²) in [7, 11) is 0. The fourth-order valence-electron chi connectivity index (χ4n) is 2.74. The molecular formula is C19H14ClN3O3S3. The van der Waals surface area contributed by atoms with Crippen molar-refractivity contribution in [2.24, 2.45) is 0 Å². The average Bonchev–Trinajstić information content (AvgIpc) is 3.38. The molecule has 0 bridgehead atoms. The van der Waals surface area contributed by atoms with Crippen LogP contribution < -0.4 is 5.32 Å². The summed E-state index contributed by atoms with van der Waals surface area (Å²) in [5.41, 5.74) is 2.10. The highest BCUT2D eigenvalue weighted by atomic mass is 35.5. The number of thioether (sulfide) groups is 1. The number of benzene rings is 1. The Morgan fingerprint density at radius 3 is 2.55 bits per heavy atom. The molecule has 1 aromatic carbocycles. The molecule has 29 heavy (non-hydrogen) atoms. The first-order valence-electron chi connectivity index (χ1n) is 8.51. The Morgan fingerprint density at radius 1 is 1.17 bits per heavy atom. The van der Waals surface area contributed by atoms with Crippen molar-refractivity contribution in [3.63, 3.8) is 0 Å². The number of carbonyl (C=O) groups is 3. The third-order valence-corrected chi connectivity index (χ3v) is 7.60. The van der Waals surface area contributed by atoms with Gasteiger partial charge in [-0.25, -0.2) is 4.98 Å². The van der Waals surface area contributed by atoms with E-state index in [9.17, 15) is 14.4 Å². The zero-order chi connectivity index (χ0) is 20.5. The van der Waals surface area contributed by atoms with E-state index in [0.717, 1.165) is 27.2 Å². The van der Waals surface area contributed by atoms with Gasteiger partial charge in [-0.1, -0.05) is 35.5 Å². The summed E-state index contributed by atoms with van der Waals surface area (Å²) in [5.74, 6) is -0.218. The number of hydrogen-bond acceptors (Lipinski definition) is 7. The average molecular weight is 464 g/mol. The van der Waals surface area contributed by atoms with E-state index < -0.39 is 0 Å². The maximum atomic E-state index is 12.7. The highest BCUT2D eigenvalue weighted by molar-refractivity contribution is 8.14. The smallest absolute Gasteiger partial charge is 0.289 e. The number of thiophene rings is 1. The Morgan fingerprint density at radius 2 is 1.93 bits per heavy atom. The fraction of sp³-hybridized carbons (Fsp3) is 0.158. The molecule has 0 atom stereocenters. The number of aryl methyl sites for hydroxylation is 1. The van der Waals surface area contributed by atoms with E-state index in [4.69, 9.17) is 11.6 Å². The molecule has 2 aromatic heterocycles. The summed E-state index contributed by atoms with van der Waals surface area (Å²) in [5, 5.41) is 3.40. The van der Waals surface area contributed by atoms with Crippen LogP contribution in [0.2, 0.25) is 4.34 Å². The fourth-order valence-corrected chi connectivity index (χ4v) is 5.52. The van der Waals surface area contributed by atoms with E-state index in [0.29, 0.717) is 20.6 Å². The Hall–Kier alpha value is -2.20. The van der Waals surface area contributed by atoms with Gasteiger partial charge in [0, 0.05) is 5.69 Å². The highest BCUT2D eigenvalue weighted by Gasteiger charge is 2.29. The van der Waals surface area contributed by atoms with Crippen LogP contribution in [0.25, 0.3) is 9.88 Å². The summed E-state index contributed by atoms with van der Waals surface area (Å²) >= 11 is 9.74. The topological polar surface area (TPSA) is 79.4 Å². The molecule has 0 aliphatic carbocycles. The largest absolute Gasteiger partial charge is 0.321 e. The van der Waals surface area contributed by atoms with Gasteiger partial charge in [0.2, 0.25) is 5.91 Å². The molecule has 10 heteroatoms. The second-order valence-electron chi connectivity index (χ2n) is 6.22. The van der Waals surface area contributed by atoms with E-state index in [-0.39, 0.29) is 29.4 Å². The minimum Gasteiger partial charge on any atom is -0.321 e. The maximum Gasteiger partial charge on any atom is 0.289 e. The summed E-state index contributed by atoms with van der Waals surface area (Å²) in [4.78, 5) is 43.3. The van der Waals surface area contributed by atoms with E-state index in [1.807, 2.05) is 12.1 Å². The van der Waals surface area contributed by atoms with Crippen LogP contribution in [0.4, 0.5) is 10.5 Å². The Kier molecular flexibility index (Phi) is 5.73. The third kappa shape index (κ3) is 4.37. The van der Waals surface area contributed by atoms with Gasteiger partial charge in [-0.3, -0.25) is 19.3 Å². The molecule has 3 aromatic rings. The van der Waals surface area contributed by atoms with E-state index in [1.165, 1.54) is 27.6 Å². The van der Waals surface area contributed by atoms with Crippen LogP contribution in [0.5, 0.6) is 0 Å². The summed E-state index contributed by atoms with van der Waals surface area (Å²) in [6, 6.07) is 10.8. The molecule has 148 valence electrons. The van der Waals surface area contributed by atoms with Gasteiger partial charge in [0.25, 0.3) is 11.1 Å². The van der Waals surface area contributed by atoms with Gasteiger partial charge >= 0.3 is 0 Å². The van der Waals surface area contributed by atoms with Crippen molar-refractivity contribution in [1.29, 1.82) is 0 Å². The van der Waals surface area contributed by atoms with Crippen LogP contribution in [-0.4, -0.2) is 32.7 Å². The van der Waals surface area contributed by atoms with Gasteiger partial charge in [0.15, 0.2) is 0 Å². The predicted octanol–water partition coefficient (Wildman–Crippen LogP) is 5.28. The monoisotopic (exact) mass is 463 g/mol. The van der Waals surface area contributed by atoms with Crippen molar-refractivity contribution in [2.75, 3.05) is 11.1 Å². The second kappa shape index (κ2) is 8.27. The van der Waals surface area contributed by atoms with E-state index in [1.54, 1.807) is 31.2 Å². The highest BCUT2D eigenvalue weighted by Crippen LogP contribution is 2.35. The number of aromatic nitrogens is 1. The first kappa shape index (κ1) is 20.1. The predicted molar refractivity (Wildman–Crippen MR) is 118 cm³/mol. The van der Waals surface area contributed by atoms with E-state index in [2.05, 4.69) is 10.3 Å². The zero-order valence-electron chi connectivity index (χ0n) is 15.1. The number of amides is 3. The van der Waals surface area contributed by atoms with Crippen molar-refractivity contribution >= 4 is 68.8 Å². The summed E-state index contributed by atoms with van der Waals surface area (Å²) < 4.78 is 0.676. The van der Waals surface area contributed by atoms with Gasteiger partial charge in [0.05, 0.1) is 27.2 Å². The van der Waals surface area contributed by atoms with Gasteiger partial charge in [-0.15, -0.1) is 22.7 Å². The molecule has 1 aliphatic rings. The molecule has 4 rings (SSSR count). The first-order chi connectivity index (χ1) is 13.9. The summed E-state index contributed by atoms with van der Waals surface area (Å²) in [6.07, 6.45) is 0. The number of thiazole rings is 1. The molecule has 0 unspecified atom stereocenters. The Labute approximate surface area is 183 Å². The van der Waals surface area contributed by atoms with Crippen molar-refractivity contribution < 1.29 is 14.4 Å². The Bertz CT molecular complexity index is 1090. The lowest BCUT2D eigenvalue weighted by Gasteiger charge is -2.13. The second-order valence-corrected chi connectivity index (χ2v) is 9.86. The number of nitrogens with zero attached hydrogens (tertiary/aromatic N) is 2. The molecular weight excluding hydrogens is 450 g/mol. The van der Waals surface area contributed by atoms with Gasteiger partial charge in [-0.05, 0) is 36.8 Å². The number of anilines is 1. The van der Waals surface area contributed by atoms with Crippen LogP contribution in [0.1, 0.15) is 20.9 Å². The maximum absolute atomic E-state index is 12.7. The lowest BCUT2D eigenvalue weighted by molar-refractivity contribution is -0.125. The van der Waals surface area contributed by atoms with Crippen LogP contribution >= 0.6 is 46.0 Å². The molecule has 3 heterocycles. The molecule has 1 N–H and O–H groups in total. The van der Waals surface area contributed by atoms with Crippen LogP contribution in [0, 0.1) is 6.92 Å². The molecule has 1 saturated heterocycles. The van der Waals surface area contributed by atoms with Gasteiger partial charge in [-0.2, -0.15) is 0 Å². The lowest BCUT2D eigenvalue weighted by Crippen LogP contribution is -2.27. The molecule has 1 aliphatic heterocycles. The molecule has 6 nitrogen and oxygen atoms in total. The molecule has 0 spiro atoms. The lowest BCUT2D eigenvalue weighted by atomic mass is 10.2. The normalized spacial score (nSPS) is 13.9. The number of carbonyl (C=O) groups excluding carboxylic acids is 3. The van der Waals surface area contributed by atoms with Gasteiger partial charge < -0.3 is 5.32 Å².